The smallest absolute Gasteiger partial charge is 0.292 e. The summed E-state index contributed by atoms with van der Waals surface area (Å²) in [6.07, 6.45) is 10.3. The van der Waals surface area contributed by atoms with Gasteiger partial charge < -0.3 is 4.94 Å². The molecule has 2 radical (unpaired) electrons. The highest BCUT2D eigenvalue weighted by atomic mass is 19.1. The Bertz CT molecular complexity index is 657. The minimum absolute atomic E-state index is 0.00619. The summed E-state index contributed by atoms with van der Waals surface area (Å²) < 4.78 is 13.9. The molecule has 2 aromatic rings. The molecule has 0 bridgehead atoms. The molecule has 110 valence electrons. The van der Waals surface area contributed by atoms with E-state index in [0.29, 0.717) is 5.39 Å². The second-order valence-corrected chi connectivity index (χ2v) is 5.13. The molecule has 0 atom stereocenters. The Kier molecular flexibility index (Phi) is 5.39. The Morgan fingerprint density at radius 2 is 1.71 bits per heavy atom. The first kappa shape index (κ1) is 15.6. The van der Waals surface area contributed by atoms with Crippen molar-refractivity contribution in [3.63, 3.8) is 0 Å². The fourth-order valence-corrected chi connectivity index (χ4v) is 2.41. The fraction of sp³-hybridized carbons (Fsp3) is 0.400. The van der Waals surface area contributed by atoms with E-state index in [2.05, 4.69) is 4.94 Å². The molecule has 3 rings (SSSR count). The van der Waals surface area contributed by atoms with E-state index in [1.165, 1.54) is 50.8 Å². The SMILES string of the molecule is C1CCCCC1.[B]c1cc2ccn(ON)c(=O)c2cc1F. The lowest BCUT2D eigenvalue weighted by Crippen LogP contribution is -2.30. The highest BCUT2D eigenvalue weighted by Crippen LogP contribution is 2.15. The minimum Gasteiger partial charge on any atom is -0.318 e. The van der Waals surface area contributed by atoms with E-state index >= 15 is 0 Å². The number of pyridine rings is 1. The number of fused-ring (bicyclic) bond motifs is 1. The van der Waals surface area contributed by atoms with Crippen LogP contribution in [0.4, 0.5) is 4.39 Å². The molecule has 0 saturated heterocycles. The number of hydrogen-bond donors (Lipinski definition) is 1. The highest BCUT2D eigenvalue weighted by Gasteiger charge is 2.06. The van der Waals surface area contributed by atoms with Crippen molar-refractivity contribution < 1.29 is 9.33 Å². The van der Waals surface area contributed by atoms with Gasteiger partial charge in [-0.05, 0) is 17.5 Å². The molecule has 1 aromatic heterocycles. The fourth-order valence-electron chi connectivity index (χ4n) is 2.41. The van der Waals surface area contributed by atoms with Gasteiger partial charge in [-0.1, -0.05) is 50.1 Å². The zero-order valence-electron chi connectivity index (χ0n) is 11.8. The van der Waals surface area contributed by atoms with Gasteiger partial charge in [0, 0.05) is 0 Å². The van der Waals surface area contributed by atoms with Crippen LogP contribution < -0.4 is 21.9 Å². The molecule has 0 spiro atoms. The standard InChI is InChI=1S/C9H6BFN2O2.C6H12/c10-7-3-5-1-2-13(15-12)9(14)6(5)4-8(7)11;1-2-4-6-5-3-1/h1-4H,12H2;1-6H2. The number of nitrogens with zero attached hydrogens (tertiary/aromatic N) is 1. The summed E-state index contributed by atoms with van der Waals surface area (Å²) in [6, 6.07) is 3.99. The maximum absolute atomic E-state index is 13.1. The van der Waals surface area contributed by atoms with Gasteiger partial charge in [0.15, 0.2) is 0 Å². The van der Waals surface area contributed by atoms with Crippen molar-refractivity contribution >= 4 is 24.1 Å². The Morgan fingerprint density at radius 3 is 2.24 bits per heavy atom. The second kappa shape index (κ2) is 7.27. The number of nitrogens with two attached hydrogens (primary N) is 1. The normalized spacial score (nSPS) is 14.4. The van der Waals surface area contributed by atoms with Crippen molar-refractivity contribution in [3.05, 3.63) is 40.6 Å². The highest BCUT2D eigenvalue weighted by molar-refractivity contribution is 6.33. The quantitative estimate of drug-likeness (QED) is 0.640. The Labute approximate surface area is 124 Å². The van der Waals surface area contributed by atoms with E-state index in [1.807, 2.05) is 0 Å². The Morgan fingerprint density at radius 1 is 1.14 bits per heavy atom. The molecule has 1 heterocycles. The molecular weight excluding hydrogens is 270 g/mol. The molecule has 4 nitrogen and oxygen atoms in total. The summed E-state index contributed by atoms with van der Waals surface area (Å²) in [4.78, 5) is 15.8. The first-order chi connectivity index (χ1) is 10.1. The van der Waals surface area contributed by atoms with Gasteiger partial charge in [-0.3, -0.25) is 4.79 Å². The molecule has 6 heteroatoms. The average Bonchev–Trinajstić information content (AvgIpc) is 2.52. The average molecular weight is 288 g/mol. The first-order valence-corrected chi connectivity index (χ1v) is 7.11. The van der Waals surface area contributed by atoms with Gasteiger partial charge in [-0.15, -0.1) is 10.6 Å². The largest absolute Gasteiger partial charge is 0.318 e. The van der Waals surface area contributed by atoms with Crippen molar-refractivity contribution in [3.8, 4) is 0 Å². The summed E-state index contributed by atoms with van der Waals surface area (Å²) in [5.74, 6) is 4.21. The minimum atomic E-state index is -0.644. The third-order valence-electron chi connectivity index (χ3n) is 3.60. The van der Waals surface area contributed by atoms with E-state index in [4.69, 9.17) is 13.7 Å². The van der Waals surface area contributed by atoms with E-state index in [1.54, 1.807) is 6.07 Å². The molecule has 0 amide bonds. The van der Waals surface area contributed by atoms with E-state index < -0.39 is 11.4 Å². The summed E-state index contributed by atoms with van der Waals surface area (Å²) in [6.45, 7) is 0. The predicted octanol–water partition coefficient (Wildman–Crippen LogP) is 1.58. The molecule has 0 aliphatic heterocycles. The van der Waals surface area contributed by atoms with Gasteiger partial charge in [0.2, 0.25) is 0 Å². The molecular formula is C15H18BFN2O2. The van der Waals surface area contributed by atoms with Crippen LogP contribution in [-0.2, 0) is 0 Å². The molecule has 1 aliphatic carbocycles. The van der Waals surface area contributed by atoms with Crippen LogP contribution in [0.3, 0.4) is 0 Å². The van der Waals surface area contributed by atoms with Crippen LogP contribution in [0.15, 0.2) is 29.2 Å². The zero-order valence-corrected chi connectivity index (χ0v) is 11.8. The van der Waals surface area contributed by atoms with Gasteiger partial charge in [0.25, 0.3) is 5.56 Å². The Balaban J connectivity index is 0.000000225. The van der Waals surface area contributed by atoms with E-state index in [-0.39, 0.29) is 10.8 Å². The predicted molar refractivity (Wildman–Crippen MR) is 82.0 cm³/mol. The van der Waals surface area contributed by atoms with Crippen molar-refractivity contribution in [2.24, 2.45) is 5.90 Å². The molecule has 1 aromatic carbocycles. The van der Waals surface area contributed by atoms with Crippen molar-refractivity contribution in [1.82, 2.24) is 4.73 Å². The number of halogens is 1. The van der Waals surface area contributed by atoms with Gasteiger partial charge in [-0.25, -0.2) is 4.39 Å². The van der Waals surface area contributed by atoms with Crippen molar-refractivity contribution in [2.45, 2.75) is 38.5 Å². The van der Waals surface area contributed by atoms with Crippen LogP contribution in [0.2, 0.25) is 0 Å². The number of aromatic nitrogens is 1. The van der Waals surface area contributed by atoms with Gasteiger partial charge in [0.05, 0.1) is 11.6 Å². The lowest BCUT2D eigenvalue weighted by molar-refractivity contribution is 0.105. The monoisotopic (exact) mass is 288 g/mol. The van der Waals surface area contributed by atoms with E-state index in [0.717, 1.165) is 10.8 Å². The second-order valence-electron chi connectivity index (χ2n) is 5.13. The molecule has 2 N–H and O–H groups in total. The lowest BCUT2D eigenvalue weighted by Gasteiger charge is -2.05. The third-order valence-corrected chi connectivity index (χ3v) is 3.60. The molecule has 0 unspecified atom stereocenters. The van der Waals surface area contributed by atoms with Crippen LogP contribution in [0.25, 0.3) is 10.8 Å². The number of benzene rings is 1. The van der Waals surface area contributed by atoms with Crippen LogP contribution >= 0.6 is 0 Å². The summed E-state index contributed by atoms with van der Waals surface area (Å²) in [5, 5.41) is 0.696. The first-order valence-electron chi connectivity index (χ1n) is 7.11. The van der Waals surface area contributed by atoms with E-state index in [9.17, 15) is 9.18 Å². The molecule has 1 saturated carbocycles. The topological polar surface area (TPSA) is 57.2 Å². The zero-order chi connectivity index (χ0) is 15.2. The Hall–Kier alpha value is -1.82. The maximum atomic E-state index is 13.1. The lowest BCUT2D eigenvalue weighted by atomic mass is 9.93. The van der Waals surface area contributed by atoms with Gasteiger partial charge in [-0.2, -0.15) is 0 Å². The molecule has 21 heavy (non-hydrogen) atoms. The van der Waals surface area contributed by atoms with Crippen molar-refractivity contribution in [1.29, 1.82) is 0 Å². The number of rotatable bonds is 1. The summed E-state index contributed by atoms with van der Waals surface area (Å²) in [5.41, 5.74) is -0.540. The molecule has 1 aliphatic rings. The summed E-state index contributed by atoms with van der Waals surface area (Å²) >= 11 is 0. The van der Waals surface area contributed by atoms with Crippen LogP contribution in [-0.4, -0.2) is 12.6 Å². The van der Waals surface area contributed by atoms with Crippen molar-refractivity contribution in [2.75, 3.05) is 0 Å². The van der Waals surface area contributed by atoms with Crippen LogP contribution in [0.1, 0.15) is 38.5 Å². The number of hydrogen-bond acceptors (Lipinski definition) is 3. The third kappa shape index (κ3) is 3.85. The maximum Gasteiger partial charge on any atom is 0.292 e. The van der Waals surface area contributed by atoms with Gasteiger partial charge in [0.1, 0.15) is 13.7 Å². The summed E-state index contributed by atoms with van der Waals surface area (Å²) in [7, 11) is 5.37. The van der Waals surface area contributed by atoms with Gasteiger partial charge >= 0.3 is 0 Å². The van der Waals surface area contributed by atoms with Crippen LogP contribution in [0, 0.1) is 5.82 Å². The van der Waals surface area contributed by atoms with Crippen LogP contribution in [0.5, 0.6) is 0 Å². The molecule has 1 fully saturated rings.